The molecule has 1 aromatic carbocycles. The summed E-state index contributed by atoms with van der Waals surface area (Å²) in [5.41, 5.74) is 2.34. The molecule has 0 saturated carbocycles. The Bertz CT molecular complexity index is 511. The maximum atomic E-state index is 9.05. The van der Waals surface area contributed by atoms with Gasteiger partial charge in [-0.15, -0.1) is 0 Å². The zero-order valence-electron chi connectivity index (χ0n) is 10.9. The summed E-state index contributed by atoms with van der Waals surface area (Å²) >= 11 is 0. The van der Waals surface area contributed by atoms with E-state index in [-0.39, 0.29) is 6.61 Å². The molecule has 0 spiro atoms. The van der Waals surface area contributed by atoms with E-state index in [1.54, 1.807) is 0 Å². The number of benzene rings is 1. The summed E-state index contributed by atoms with van der Waals surface area (Å²) in [4.78, 5) is 0. The number of hydrogen-bond acceptors (Lipinski definition) is 4. The molecule has 19 heavy (non-hydrogen) atoms. The molecule has 2 rings (SSSR count). The maximum Gasteiger partial charge on any atom is 0.128 e. The number of nitrogens with one attached hydrogen (secondary N) is 1. The van der Waals surface area contributed by atoms with Crippen LogP contribution in [0, 0.1) is 0 Å². The van der Waals surface area contributed by atoms with Crippen molar-refractivity contribution >= 4 is 0 Å². The summed E-state index contributed by atoms with van der Waals surface area (Å²) in [5, 5.41) is 16.0. The number of ether oxygens (including phenoxy) is 2. The van der Waals surface area contributed by atoms with Crippen molar-refractivity contribution < 1.29 is 14.6 Å². The Morgan fingerprint density at radius 2 is 2.11 bits per heavy atom. The van der Waals surface area contributed by atoms with Crippen LogP contribution in [0.15, 0.2) is 30.3 Å². The molecule has 5 heteroatoms. The van der Waals surface area contributed by atoms with E-state index in [9.17, 15) is 0 Å². The van der Waals surface area contributed by atoms with Gasteiger partial charge in [-0.25, -0.2) is 0 Å². The van der Waals surface area contributed by atoms with E-state index in [0.717, 1.165) is 17.0 Å². The van der Waals surface area contributed by atoms with Gasteiger partial charge < -0.3 is 14.6 Å². The van der Waals surface area contributed by atoms with Crippen molar-refractivity contribution in [2.45, 2.75) is 13.5 Å². The Hall–Kier alpha value is -1.85. The first-order chi connectivity index (χ1) is 9.35. The number of aliphatic hydroxyl groups excluding tert-OH is 1. The second-order valence-corrected chi connectivity index (χ2v) is 3.98. The number of rotatable bonds is 7. The van der Waals surface area contributed by atoms with Crippen LogP contribution in [-0.4, -0.2) is 35.1 Å². The maximum absolute atomic E-state index is 9.05. The fourth-order valence-electron chi connectivity index (χ4n) is 1.74. The van der Waals surface area contributed by atoms with E-state index in [1.807, 2.05) is 37.3 Å². The number of aromatic nitrogens is 2. The summed E-state index contributed by atoms with van der Waals surface area (Å²) in [7, 11) is 0. The lowest BCUT2D eigenvalue weighted by molar-refractivity contribution is 0.110. The largest absolute Gasteiger partial charge is 0.490 e. The highest BCUT2D eigenvalue weighted by atomic mass is 16.5. The normalized spacial score (nSPS) is 10.6. The zero-order chi connectivity index (χ0) is 13.5. The third kappa shape index (κ3) is 3.56. The van der Waals surface area contributed by atoms with Crippen molar-refractivity contribution in [2.75, 3.05) is 19.8 Å². The predicted octanol–water partition coefficient (Wildman–Crippen LogP) is 1.98. The SMILES string of the molecule is CCOCCOc1ccccc1-c1cc(CO)[nH]n1. The molecule has 0 aliphatic heterocycles. The zero-order valence-corrected chi connectivity index (χ0v) is 10.9. The molecule has 0 amide bonds. The number of para-hydroxylation sites is 1. The average molecular weight is 262 g/mol. The Morgan fingerprint density at radius 3 is 2.84 bits per heavy atom. The van der Waals surface area contributed by atoms with Crippen LogP contribution >= 0.6 is 0 Å². The van der Waals surface area contributed by atoms with Gasteiger partial charge in [0.05, 0.1) is 24.6 Å². The number of hydrogen-bond donors (Lipinski definition) is 2. The molecule has 0 fully saturated rings. The molecule has 1 aromatic heterocycles. The van der Waals surface area contributed by atoms with Gasteiger partial charge >= 0.3 is 0 Å². The van der Waals surface area contributed by atoms with Crippen molar-refractivity contribution in [3.8, 4) is 17.0 Å². The number of nitrogens with zero attached hydrogens (tertiary/aromatic N) is 1. The van der Waals surface area contributed by atoms with E-state index in [0.29, 0.717) is 25.5 Å². The molecule has 0 unspecified atom stereocenters. The molecule has 5 nitrogen and oxygen atoms in total. The van der Waals surface area contributed by atoms with Gasteiger partial charge in [-0.2, -0.15) is 5.10 Å². The van der Waals surface area contributed by atoms with Gasteiger partial charge in [0, 0.05) is 12.2 Å². The highest BCUT2D eigenvalue weighted by molar-refractivity contribution is 5.67. The van der Waals surface area contributed by atoms with Crippen LogP contribution in [0.4, 0.5) is 0 Å². The summed E-state index contributed by atoms with van der Waals surface area (Å²) < 4.78 is 10.9. The van der Waals surface area contributed by atoms with Crippen LogP contribution in [-0.2, 0) is 11.3 Å². The molecule has 0 atom stereocenters. The highest BCUT2D eigenvalue weighted by Gasteiger charge is 2.09. The third-order valence-corrected chi connectivity index (χ3v) is 2.65. The van der Waals surface area contributed by atoms with Crippen molar-refractivity contribution in [1.82, 2.24) is 10.2 Å². The summed E-state index contributed by atoms with van der Waals surface area (Å²) in [5.74, 6) is 0.762. The first-order valence-electron chi connectivity index (χ1n) is 6.30. The summed E-state index contributed by atoms with van der Waals surface area (Å²) in [6, 6.07) is 9.49. The molecule has 0 aliphatic rings. The Balaban J connectivity index is 2.11. The molecular formula is C14H18N2O3. The van der Waals surface area contributed by atoms with E-state index in [4.69, 9.17) is 14.6 Å². The van der Waals surface area contributed by atoms with E-state index in [2.05, 4.69) is 10.2 Å². The van der Waals surface area contributed by atoms with Gasteiger partial charge in [-0.05, 0) is 25.1 Å². The van der Waals surface area contributed by atoms with Gasteiger partial charge in [0.1, 0.15) is 12.4 Å². The predicted molar refractivity (Wildman–Crippen MR) is 71.9 cm³/mol. The van der Waals surface area contributed by atoms with Gasteiger partial charge in [-0.1, -0.05) is 12.1 Å². The standard InChI is InChI=1S/C14H18N2O3/c1-2-18-7-8-19-14-6-4-3-5-12(14)13-9-11(10-17)15-16-13/h3-6,9,17H,2,7-8,10H2,1H3,(H,15,16). The van der Waals surface area contributed by atoms with Crippen LogP contribution in [0.25, 0.3) is 11.3 Å². The molecule has 2 aromatic rings. The third-order valence-electron chi connectivity index (χ3n) is 2.65. The van der Waals surface area contributed by atoms with E-state index >= 15 is 0 Å². The summed E-state index contributed by atoms with van der Waals surface area (Å²) in [6.07, 6.45) is 0. The fourth-order valence-corrected chi connectivity index (χ4v) is 1.74. The summed E-state index contributed by atoms with van der Waals surface area (Å²) in [6.45, 7) is 3.65. The quantitative estimate of drug-likeness (QED) is 0.749. The molecule has 2 N–H and O–H groups in total. The molecule has 0 aliphatic carbocycles. The second-order valence-electron chi connectivity index (χ2n) is 3.98. The average Bonchev–Trinajstić information content (AvgIpc) is 2.93. The van der Waals surface area contributed by atoms with Gasteiger partial charge in [0.2, 0.25) is 0 Å². The molecule has 0 saturated heterocycles. The molecule has 0 bridgehead atoms. The lowest BCUT2D eigenvalue weighted by atomic mass is 10.1. The minimum Gasteiger partial charge on any atom is -0.490 e. The Kier molecular flexibility index (Phi) is 4.94. The van der Waals surface area contributed by atoms with Crippen LogP contribution in [0.5, 0.6) is 5.75 Å². The minimum atomic E-state index is -0.0552. The fraction of sp³-hybridized carbons (Fsp3) is 0.357. The van der Waals surface area contributed by atoms with Crippen molar-refractivity contribution in [3.63, 3.8) is 0 Å². The van der Waals surface area contributed by atoms with Crippen LogP contribution in [0.3, 0.4) is 0 Å². The number of H-pyrrole nitrogens is 1. The lowest BCUT2D eigenvalue weighted by Gasteiger charge is -2.09. The molecular weight excluding hydrogens is 244 g/mol. The van der Waals surface area contributed by atoms with Crippen LogP contribution in [0.2, 0.25) is 0 Å². The van der Waals surface area contributed by atoms with Crippen LogP contribution < -0.4 is 4.74 Å². The Morgan fingerprint density at radius 1 is 1.26 bits per heavy atom. The molecule has 0 radical (unpaired) electrons. The smallest absolute Gasteiger partial charge is 0.128 e. The lowest BCUT2D eigenvalue weighted by Crippen LogP contribution is -2.06. The molecule has 102 valence electrons. The minimum absolute atomic E-state index is 0.0552. The van der Waals surface area contributed by atoms with Gasteiger partial charge in [0.25, 0.3) is 0 Å². The Labute approximate surface area is 112 Å². The van der Waals surface area contributed by atoms with Gasteiger partial charge in [-0.3, -0.25) is 5.10 Å². The highest BCUT2D eigenvalue weighted by Crippen LogP contribution is 2.28. The van der Waals surface area contributed by atoms with Crippen LogP contribution in [0.1, 0.15) is 12.6 Å². The topological polar surface area (TPSA) is 67.4 Å². The van der Waals surface area contributed by atoms with Crippen molar-refractivity contribution in [1.29, 1.82) is 0 Å². The van der Waals surface area contributed by atoms with Crippen molar-refractivity contribution in [2.24, 2.45) is 0 Å². The first kappa shape index (κ1) is 13.6. The van der Waals surface area contributed by atoms with E-state index in [1.165, 1.54) is 0 Å². The number of aromatic amines is 1. The second kappa shape index (κ2) is 6.92. The first-order valence-corrected chi connectivity index (χ1v) is 6.30. The number of aliphatic hydroxyl groups is 1. The molecule has 1 heterocycles. The van der Waals surface area contributed by atoms with Crippen molar-refractivity contribution in [3.05, 3.63) is 36.0 Å². The van der Waals surface area contributed by atoms with E-state index < -0.39 is 0 Å². The van der Waals surface area contributed by atoms with Gasteiger partial charge in [0.15, 0.2) is 0 Å². The monoisotopic (exact) mass is 262 g/mol.